The second-order valence-electron chi connectivity index (χ2n) is 7.90. The van der Waals surface area contributed by atoms with Crippen LogP contribution < -0.4 is 10.2 Å². The van der Waals surface area contributed by atoms with Crippen molar-refractivity contribution in [2.45, 2.75) is 13.3 Å². The predicted molar refractivity (Wildman–Crippen MR) is 121 cm³/mol. The van der Waals surface area contributed by atoms with Gasteiger partial charge in [0.25, 0.3) is 5.91 Å². The number of nitrogens with zero attached hydrogens (tertiary/aromatic N) is 3. The molecule has 0 radical (unpaired) electrons. The first-order chi connectivity index (χ1) is 14.5. The van der Waals surface area contributed by atoms with E-state index in [1.165, 1.54) is 16.2 Å². The van der Waals surface area contributed by atoms with Crippen molar-refractivity contribution in [2.75, 3.05) is 57.8 Å². The molecule has 160 valence electrons. The summed E-state index contributed by atoms with van der Waals surface area (Å²) in [6.07, 6.45) is 0.909. The zero-order valence-electron chi connectivity index (χ0n) is 18.0. The van der Waals surface area contributed by atoms with Gasteiger partial charge in [0, 0.05) is 51.0 Å². The number of likely N-dealkylation sites (N-methyl/N-ethyl adjacent to an activating group) is 1. The van der Waals surface area contributed by atoms with Crippen molar-refractivity contribution >= 4 is 17.5 Å². The van der Waals surface area contributed by atoms with Crippen molar-refractivity contribution in [3.63, 3.8) is 0 Å². The van der Waals surface area contributed by atoms with E-state index in [9.17, 15) is 9.59 Å². The molecule has 1 aliphatic rings. The van der Waals surface area contributed by atoms with Crippen LogP contribution in [0.1, 0.15) is 22.3 Å². The first kappa shape index (κ1) is 21.8. The number of rotatable bonds is 8. The number of piperazine rings is 1. The molecule has 6 heteroatoms. The molecule has 0 aliphatic carbocycles. The molecule has 0 spiro atoms. The summed E-state index contributed by atoms with van der Waals surface area (Å²) < 4.78 is 0. The number of anilines is 1. The van der Waals surface area contributed by atoms with Crippen molar-refractivity contribution in [3.05, 3.63) is 65.7 Å². The number of carbonyl (C=O) groups is 2. The van der Waals surface area contributed by atoms with E-state index in [2.05, 4.69) is 46.3 Å². The van der Waals surface area contributed by atoms with E-state index >= 15 is 0 Å². The maximum absolute atomic E-state index is 12.3. The summed E-state index contributed by atoms with van der Waals surface area (Å²) in [5.41, 5.74) is 3.19. The van der Waals surface area contributed by atoms with Gasteiger partial charge in [-0.15, -0.1) is 0 Å². The Balaban J connectivity index is 1.31. The molecule has 1 fully saturated rings. The van der Waals surface area contributed by atoms with E-state index < -0.39 is 0 Å². The van der Waals surface area contributed by atoms with Crippen LogP contribution in [0.25, 0.3) is 0 Å². The molecule has 2 aromatic rings. The van der Waals surface area contributed by atoms with Gasteiger partial charge in [-0.05, 0) is 49.7 Å². The van der Waals surface area contributed by atoms with E-state index in [1.807, 2.05) is 18.2 Å². The van der Waals surface area contributed by atoms with Gasteiger partial charge in [-0.3, -0.25) is 14.5 Å². The Bertz CT molecular complexity index is 832. The van der Waals surface area contributed by atoms with Gasteiger partial charge < -0.3 is 15.1 Å². The zero-order chi connectivity index (χ0) is 21.3. The lowest BCUT2D eigenvalue weighted by Crippen LogP contribution is -2.47. The van der Waals surface area contributed by atoms with Gasteiger partial charge in [-0.2, -0.15) is 0 Å². The molecule has 0 aromatic heterocycles. The monoisotopic (exact) mass is 408 g/mol. The zero-order valence-corrected chi connectivity index (χ0v) is 18.0. The SMILES string of the molecule is Cc1cccc(N2CCN(CCCNC(=O)CN(C)C(=O)c3ccccc3)CC2)c1. The molecule has 0 atom stereocenters. The highest BCUT2D eigenvalue weighted by atomic mass is 16.2. The first-order valence-electron chi connectivity index (χ1n) is 10.6. The maximum atomic E-state index is 12.3. The molecule has 2 aromatic carbocycles. The van der Waals surface area contributed by atoms with Gasteiger partial charge in [-0.1, -0.05) is 30.3 Å². The smallest absolute Gasteiger partial charge is 0.254 e. The molecule has 1 saturated heterocycles. The van der Waals surface area contributed by atoms with Crippen LogP contribution in [-0.4, -0.2) is 74.5 Å². The Morgan fingerprint density at radius 1 is 1.00 bits per heavy atom. The summed E-state index contributed by atoms with van der Waals surface area (Å²) in [5, 5.41) is 2.93. The van der Waals surface area contributed by atoms with E-state index in [0.29, 0.717) is 12.1 Å². The van der Waals surface area contributed by atoms with Crippen molar-refractivity contribution in [1.29, 1.82) is 0 Å². The van der Waals surface area contributed by atoms with Gasteiger partial charge in [0.2, 0.25) is 5.91 Å². The molecule has 0 saturated carbocycles. The van der Waals surface area contributed by atoms with Crippen LogP contribution >= 0.6 is 0 Å². The molecule has 0 unspecified atom stereocenters. The van der Waals surface area contributed by atoms with Crippen LogP contribution in [0.5, 0.6) is 0 Å². The third kappa shape index (κ3) is 6.32. The predicted octanol–water partition coefficient (Wildman–Crippen LogP) is 2.40. The van der Waals surface area contributed by atoms with E-state index in [1.54, 1.807) is 19.2 Å². The standard InChI is InChI=1S/C24H32N4O2/c1-20-8-6-11-22(18-20)28-16-14-27(15-17-28)13-7-12-25-23(29)19-26(2)24(30)21-9-4-3-5-10-21/h3-6,8-11,18H,7,12-17,19H2,1-2H3,(H,25,29). The summed E-state index contributed by atoms with van der Waals surface area (Å²) in [6.45, 7) is 7.94. The highest BCUT2D eigenvalue weighted by Crippen LogP contribution is 2.17. The lowest BCUT2D eigenvalue weighted by Gasteiger charge is -2.36. The number of aryl methyl sites for hydroxylation is 1. The van der Waals surface area contributed by atoms with Gasteiger partial charge >= 0.3 is 0 Å². The Kier molecular flexibility index (Phi) is 7.85. The molecule has 0 bridgehead atoms. The van der Waals surface area contributed by atoms with Crippen molar-refractivity contribution in [1.82, 2.24) is 15.1 Å². The van der Waals surface area contributed by atoms with Crippen LogP contribution in [0.4, 0.5) is 5.69 Å². The van der Waals surface area contributed by atoms with Crippen LogP contribution in [0.2, 0.25) is 0 Å². The summed E-state index contributed by atoms with van der Waals surface area (Å²) in [5.74, 6) is -0.261. The third-order valence-corrected chi connectivity index (χ3v) is 5.46. The third-order valence-electron chi connectivity index (χ3n) is 5.46. The molecule has 1 aliphatic heterocycles. The van der Waals surface area contributed by atoms with Crippen molar-refractivity contribution in [2.24, 2.45) is 0 Å². The summed E-state index contributed by atoms with van der Waals surface area (Å²) >= 11 is 0. The maximum Gasteiger partial charge on any atom is 0.254 e. The topological polar surface area (TPSA) is 55.9 Å². The minimum atomic E-state index is -0.141. The van der Waals surface area contributed by atoms with E-state index in [0.717, 1.165) is 39.1 Å². The molecule has 6 nitrogen and oxygen atoms in total. The fourth-order valence-corrected chi connectivity index (χ4v) is 3.73. The average molecular weight is 409 g/mol. The van der Waals surface area contributed by atoms with Gasteiger partial charge in [0.1, 0.15) is 0 Å². The Hall–Kier alpha value is -2.86. The van der Waals surface area contributed by atoms with E-state index in [-0.39, 0.29) is 18.4 Å². The van der Waals surface area contributed by atoms with Crippen molar-refractivity contribution < 1.29 is 9.59 Å². The molecule has 1 N–H and O–H groups in total. The van der Waals surface area contributed by atoms with E-state index in [4.69, 9.17) is 0 Å². The molecule has 1 heterocycles. The lowest BCUT2D eigenvalue weighted by atomic mass is 10.2. The number of hydrogen-bond acceptors (Lipinski definition) is 4. The summed E-state index contributed by atoms with van der Waals surface area (Å²) in [6, 6.07) is 17.7. The Morgan fingerprint density at radius 2 is 1.73 bits per heavy atom. The number of carbonyl (C=O) groups excluding carboxylic acids is 2. The van der Waals surface area contributed by atoms with Crippen LogP contribution in [0, 0.1) is 6.92 Å². The molecule has 30 heavy (non-hydrogen) atoms. The molecular weight excluding hydrogens is 376 g/mol. The minimum Gasteiger partial charge on any atom is -0.369 e. The summed E-state index contributed by atoms with van der Waals surface area (Å²) in [7, 11) is 1.66. The Morgan fingerprint density at radius 3 is 2.43 bits per heavy atom. The van der Waals surface area contributed by atoms with Crippen LogP contribution in [0.15, 0.2) is 54.6 Å². The van der Waals surface area contributed by atoms with Crippen LogP contribution in [0.3, 0.4) is 0 Å². The van der Waals surface area contributed by atoms with Gasteiger partial charge in [0.15, 0.2) is 0 Å². The normalized spacial score (nSPS) is 14.4. The van der Waals surface area contributed by atoms with Gasteiger partial charge in [-0.25, -0.2) is 0 Å². The fraction of sp³-hybridized carbons (Fsp3) is 0.417. The molecule has 2 amide bonds. The minimum absolute atomic E-state index is 0.0723. The lowest BCUT2D eigenvalue weighted by molar-refractivity contribution is -0.121. The van der Waals surface area contributed by atoms with Crippen molar-refractivity contribution in [3.8, 4) is 0 Å². The fourth-order valence-electron chi connectivity index (χ4n) is 3.73. The highest BCUT2D eigenvalue weighted by molar-refractivity contribution is 5.96. The highest BCUT2D eigenvalue weighted by Gasteiger charge is 2.17. The van der Waals surface area contributed by atoms with Gasteiger partial charge in [0.05, 0.1) is 6.54 Å². The number of nitrogens with one attached hydrogen (secondary N) is 1. The quantitative estimate of drug-likeness (QED) is 0.682. The number of amides is 2. The second kappa shape index (κ2) is 10.8. The largest absolute Gasteiger partial charge is 0.369 e. The first-order valence-corrected chi connectivity index (χ1v) is 10.6. The molecule has 3 rings (SSSR count). The second-order valence-corrected chi connectivity index (χ2v) is 7.90. The number of hydrogen-bond donors (Lipinski definition) is 1. The van der Waals surface area contributed by atoms with Crippen LogP contribution in [-0.2, 0) is 4.79 Å². The summed E-state index contributed by atoms with van der Waals surface area (Å²) in [4.78, 5) is 30.8. The Labute approximate surface area is 179 Å². The average Bonchev–Trinajstić information content (AvgIpc) is 2.77. The number of benzene rings is 2. The molecular formula is C24H32N4O2.